The first-order valence-electron chi connectivity index (χ1n) is 6.46. The van der Waals surface area contributed by atoms with Crippen molar-refractivity contribution in [1.29, 1.82) is 0 Å². The van der Waals surface area contributed by atoms with Crippen molar-refractivity contribution in [2.75, 3.05) is 13.1 Å². The first-order chi connectivity index (χ1) is 9.54. The fourth-order valence-corrected chi connectivity index (χ4v) is 3.19. The van der Waals surface area contributed by atoms with E-state index in [-0.39, 0.29) is 17.4 Å². The van der Waals surface area contributed by atoms with Crippen LogP contribution in [-0.2, 0) is 11.3 Å². The number of likely N-dealkylation sites (tertiary alicyclic amines) is 1. The largest absolute Gasteiger partial charge is 0.481 e. The van der Waals surface area contributed by atoms with Crippen molar-refractivity contribution in [2.45, 2.75) is 13.5 Å². The van der Waals surface area contributed by atoms with Crippen molar-refractivity contribution in [2.24, 2.45) is 11.8 Å². The van der Waals surface area contributed by atoms with Crippen LogP contribution in [0.25, 0.3) is 10.2 Å². The molecule has 0 aliphatic carbocycles. The SMILES string of the molecule is CC(C(=O)O)C1CN(Cc2nc3ccsc3c(=O)[nH]2)C1. The number of fused-ring (bicyclic) bond motifs is 1. The van der Waals surface area contributed by atoms with E-state index < -0.39 is 5.97 Å². The summed E-state index contributed by atoms with van der Waals surface area (Å²) in [4.78, 5) is 32.0. The summed E-state index contributed by atoms with van der Waals surface area (Å²) in [5, 5.41) is 10.8. The Kier molecular flexibility index (Phi) is 3.31. The van der Waals surface area contributed by atoms with Crippen LogP contribution in [0.2, 0.25) is 0 Å². The molecule has 0 amide bonds. The number of nitrogens with zero attached hydrogens (tertiary/aromatic N) is 2. The van der Waals surface area contributed by atoms with Gasteiger partial charge in [-0.3, -0.25) is 14.5 Å². The Morgan fingerprint density at radius 1 is 1.65 bits per heavy atom. The second-order valence-corrected chi connectivity index (χ2v) is 6.14. The van der Waals surface area contributed by atoms with Gasteiger partial charge in [-0.15, -0.1) is 11.3 Å². The molecule has 20 heavy (non-hydrogen) atoms. The predicted octanol–water partition coefficient (Wildman–Crippen LogP) is 1.14. The number of carboxylic acids is 1. The van der Waals surface area contributed by atoms with Crippen molar-refractivity contribution in [1.82, 2.24) is 14.9 Å². The molecule has 2 aromatic rings. The first kappa shape index (κ1) is 13.3. The number of hydrogen-bond acceptors (Lipinski definition) is 5. The van der Waals surface area contributed by atoms with Crippen LogP contribution in [0.5, 0.6) is 0 Å². The molecule has 0 radical (unpaired) electrons. The monoisotopic (exact) mass is 293 g/mol. The number of thiophene rings is 1. The maximum atomic E-state index is 11.8. The maximum absolute atomic E-state index is 11.8. The van der Waals surface area contributed by atoms with Gasteiger partial charge in [-0.2, -0.15) is 0 Å². The van der Waals surface area contributed by atoms with Crippen LogP contribution in [-0.4, -0.2) is 39.0 Å². The number of H-pyrrole nitrogens is 1. The Morgan fingerprint density at radius 2 is 2.40 bits per heavy atom. The molecule has 0 bridgehead atoms. The second-order valence-electron chi connectivity index (χ2n) is 5.23. The quantitative estimate of drug-likeness (QED) is 0.882. The van der Waals surface area contributed by atoms with Crippen LogP contribution < -0.4 is 5.56 Å². The van der Waals surface area contributed by atoms with E-state index in [1.54, 1.807) is 6.92 Å². The maximum Gasteiger partial charge on any atom is 0.306 e. The van der Waals surface area contributed by atoms with Crippen LogP contribution >= 0.6 is 11.3 Å². The Balaban J connectivity index is 1.67. The average Bonchev–Trinajstić information content (AvgIpc) is 2.81. The molecule has 0 saturated carbocycles. The summed E-state index contributed by atoms with van der Waals surface area (Å²) < 4.78 is 0.648. The minimum atomic E-state index is -0.749. The van der Waals surface area contributed by atoms with Crippen molar-refractivity contribution in [3.05, 3.63) is 27.6 Å². The van der Waals surface area contributed by atoms with Gasteiger partial charge in [0.1, 0.15) is 10.5 Å². The highest BCUT2D eigenvalue weighted by atomic mass is 32.1. The van der Waals surface area contributed by atoms with E-state index in [0.717, 1.165) is 18.6 Å². The molecule has 0 aromatic carbocycles. The molecular weight excluding hydrogens is 278 g/mol. The molecule has 3 rings (SSSR count). The number of carboxylic acid groups (broad SMARTS) is 1. The summed E-state index contributed by atoms with van der Waals surface area (Å²) in [5.41, 5.74) is 0.626. The molecular formula is C13H15N3O3S. The zero-order valence-electron chi connectivity index (χ0n) is 11.0. The normalized spacial score (nSPS) is 18.1. The predicted molar refractivity (Wildman–Crippen MR) is 75.8 cm³/mol. The zero-order valence-corrected chi connectivity index (χ0v) is 11.8. The van der Waals surface area contributed by atoms with Gasteiger partial charge in [-0.05, 0) is 17.4 Å². The van der Waals surface area contributed by atoms with Crippen molar-refractivity contribution >= 4 is 27.5 Å². The number of aromatic nitrogens is 2. The summed E-state index contributed by atoms with van der Waals surface area (Å²) in [6.45, 7) is 3.77. The molecule has 6 nitrogen and oxygen atoms in total. The number of hydrogen-bond donors (Lipinski definition) is 2. The standard InChI is InChI=1S/C13H15N3O3S/c1-7(13(18)19)8-4-16(5-8)6-10-14-9-2-3-20-11(9)12(17)15-10/h2-3,7-8H,4-6H2,1H3,(H,18,19)(H,14,15,17). The van der Waals surface area contributed by atoms with E-state index in [9.17, 15) is 9.59 Å². The summed E-state index contributed by atoms with van der Waals surface area (Å²) in [5.74, 6) is -0.245. The lowest BCUT2D eigenvalue weighted by atomic mass is 9.87. The molecule has 1 fully saturated rings. The van der Waals surface area contributed by atoms with Crippen LogP contribution in [0.3, 0.4) is 0 Å². The van der Waals surface area contributed by atoms with Crippen molar-refractivity contribution in [3.63, 3.8) is 0 Å². The van der Waals surface area contributed by atoms with Gasteiger partial charge in [0, 0.05) is 13.1 Å². The number of aliphatic carboxylic acids is 1. The highest BCUT2D eigenvalue weighted by Gasteiger charge is 2.34. The van der Waals surface area contributed by atoms with Gasteiger partial charge < -0.3 is 10.1 Å². The third-order valence-corrected chi connectivity index (χ3v) is 4.72. The Labute approximate surface area is 119 Å². The fraction of sp³-hybridized carbons (Fsp3) is 0.462. The Hall–Kier alpha value is -1.73. The van der Waals surface area contributed by atoms with Crippen molar-refractivity contribution < 1.29 is 9.90 Å². The second kappa shape index (κ2) is 4.99. The first-order valence-corrected chi connectivity index (χ1v) is 7.34. The lowest BCUT2D eigenvalue weighted by molar-refractivity contribution is -0.145. The van der Waals surface area contributed by atoms with Crippen LogP contribution in [0.1, 0.15) is 12.7 Å². The zero-order chi connectivity index (χ0) is 14.3. The van der Waals surface area contributed by atoms with Gasteiger partial charge in [-0.25, -0.2) is 4.98 Å². The van der Waals surface area contributed by atoms with Crippen LogP contribution in [0.4, 0.5) is 0 Å². The summed E-state index contributed by atoms with van der Waals surface area (Å²) in [6.07, 6.45) is 0. The van der Waals surface area contributed by atoms with E-state index in [1.807, 2.05) is 11.4 Å². The van der Waals surface area contributed by atoms with Gasteiger partial charge in [-0.1, -0.05) is 6.92 Å². The minimum absolute atomic E-state index is 0.101. The fourth-order valence-electron chi connectivity index (χ4n) is 2.47. The van der Waals surface area contributed by atoms with E-state index in [0.29, 0.717) is 17.1 Å². The van der Waals surface area contributed by atoms with E-state index in [4.69, 9.17) is 5.11 Å². The topological polar surface area (TPSA) is 86.3 Å². The molecule has 1 aliphatic heterocycles. The average molecular weight is 293 g/mol. The Morgan fingerprint density at radius 3 is 3.10 bits per heavy atom. The van der Waals surface area contributed by atoms with Gasteiger partial charge in [0.15, 0.2) is 0 Å². The molecule has 1 unspecified atom stereocenters. The molecule has 106 valence electrons. The molecule has 1 saturated heterocycles. The van der Waals surface area contributed by atoms with Gasteiger partial charge >= 0.3 is 5.97 Å². The number of aromatic amines is 1. The summed E-state index contributed by atoms with van der Waals surface area (Å²) in [6, 6.07) is 1.84. The molecule has 2 aromatic heterocycles. The summed E-state index contributed by atoms with van der Waals surface area (Å²) in [7, 11) is 0. The van der Waals surface area contributed by atoms with Crippen molar-refractivity contribution in [3.8, 4) is 0 Å². The molecule has 3 heterocycles. The third-order valence-electron chi connectivity index (χ3n) is 3.82. The van der Waals surface area contributed by atoms with Gasteiger partial charge in [0.2, 0.25) is 0 Å². The van der Waals surface area contributed by atoms with E-state index in [1.165, 1.54) is 11.3 Å². The number of nitrogens with one attached hydrogen (secondary N) is 1. The highest BCUT2D eigenvalue weighted by molar-refractivity contribution is 7.17. The van der Waals surface area contributed by atoms with E-state index >= 15 is 0 Å². The lowest BCUT2D eigenvalue weighted by Gasteiger charge is -2.40. The van der Waals surface area contributed by atoms with Gasteiger partial charge in [0.05, 0.1) is 18.0 Å². The molecule has 7 heteroatoms. The molecule has 1 aliphatic rings. The molecule has 0 spiro atoms. The lowest BCUT2D eigenvalue weighted by Crippen LogP contribution is -2.50. The smallest absolute Gasteiger partial charge is 0.306 e. The molecule has 2 N–H and O–H groups in total. The summed E-state index contributed by atoms with van der Waals surface area (Å²) >= 11 is 1.38. The van der Waals surface area contributed by atoms with E-state index in [2.05, 4.69) is 14.9 Å². The number of rotatable bonds is 4. The van der Waals surface area contributed by atoms with Crippen LogP contribution in [0.15, 0.2) is 16.2 Å². The van der Waals surface area contributed by atoms with Gasteiger partial charge in [0.25, 0.3) is 5.56 Å². The number of carbonyl (C=O) groups is 1. The van der Waals surface area contributed by atoms with Crippen LogP contribution in [0, 0.1) is 11.8 Å². The Bertz CT molecular complexity index is 702. The minimum Gasteiger partial charge on any atom is -0.481 e. The third kappa shape index (κ3) is 2.34. The highest BCUT2D eigenvalue weighted by Crippen LogP contribution is 2.25. The molecule has 1 atom stereocenters.